The minimum absolute atomic E-state index is 0.0162. The predicted molar refractivity (Wildman–Crippen MR) is 248 cm³/mol. The van der Waals surface area contributed by atoms with E-state index in [0.29, 0.717) is 25.7 Å². The van der Waals surface area contributed by atoms with Gasteiger partial charge in [-0.05, 0) is 77.0 Å². The number of carbonyl (C=O) groups excluding carboxylic acids is 2. The van der Waals surface area contributed by atoms with Gasteiger partial charge in [-0.15, -0.1) is 0 Å². The number of phosphoric ester groups is 1. The number of aliphatic hydroxyl groups excluding tert-OH is 5. The van der Waals surface area contributed by atoms with Crippen molar-refractivity contribution in [3.05, 3.63) is 85.1 Å². The van der Waals surface area contributed by atoms with E-state index in [1.165, 1.54) is 57.8 Å². The zero-order valence-corrected chi connectivity index (χ0v) is 39.0. The molecule has 0 saturated heterocycles. The summed E-state index contributed by atoms with van der Waals surface area (Å²) < 4.78 is 33.4. The summed E-state index contributed by atoms with van der Waals surface area (Å²) in [4.78, 5) is 35.7. The van der Waals surface area contributed by atoms with Crippen LogP contribution in [0.2, 0.25) is 0 Å². The summed E-state index contributed by atoms with van der Waals surface area (Å²) in [5.74, 6) is -1.23. The Morgan fingerprint density at radius 1 is 0.508 bits per heavy atom. The summed E-state index contributed by atoms with van der Waals surface area (Å²) in [6, 6.07) is 0. The van der Waals surface area contributed by atoms with E-state index < -0.39 is 75.7 Å². The lowest BCUT2D eigenvalue weighted by Gasteiger charge is -2.41. The second-order valence-corrected chi connectivity index (χ2v) is 17.3. The molecule has 8 atom stereocenters. The van der Waals surface area contributed by atoms with Crippen LogP contribution in [-0.4, -0.2) is 98.3 Å². The molecule has 0 spiro atoms. The van der Waals surface area contributed by atoms with Gasteiger partial charge in [0.05, 0.1) is 6.61 Å². The SMILES string of the molecule is CC/C=C/C/C=C/C/C=C/C/C=C/C/C=C/CCCC(=O)OC[C@@H](COP(=O)(O)OC1C(O)C(O)C(O)[C@H](O)C1O)OC(=O)CCC/C=C/C/C=C/CCCCCCCCCCC. The second-order valence-electron chi connectivity index (χ2n) is 15.9. The maximum absolute atomic E-state index is 12.8. The molecule has 1 saturated carbocycles. The Kier molecular flexibility index (Phi) is 35.3. The highest BCUT2D eigenvalue weighted by molar-refractivity contribution is 7.47. The quantitative estimate of drug-likeness (QED) is 0.0149. The van der Waals surface area contributed by atoms with Gasteiger partial charge in [0.2, 0.25) is 0 Å². The van der Waals surface area contributed by atoms with Crippen molar-refractivity contribution < 1.29 is 63.1 Å². The number of unbranched alkanes of at least 4 members (excludes halogenated alkanes) is 11. The first-order chi connectivity index (χ1) is 30.4. The summed E-state index contributed by atoms with van der Waals surface area (Å²) in [6.07, 6.45) is 36.5. The van der Waals surface area contributed by atoms with Gasteiger partial charge in [-0.2, -0.15) is 0 Å². The first-order valence-corrected chi connectivity index (χ1v) is 24.9. The molecule has 0 amide bonds. The third-order valence-electron chi connectivity index (χ3n) is 10.2. The average Bonchev–Trinajstić information content (AvgIpc) is 3.26. The van der Waals surface area contributed by atoms with Crippen LogP contribution in [0.4, 0.5) is 0 Å². The number of aliphatic hydroxyl groups is 5. The Morgan fingerprint density at radius 3 is 1.38 bits per heavy atom. The molecule has 360 valence electrons. The molecule has 14 heteroatoms. The van der Waals surface area contributed by atoms with Crippen molar-refractivity contribution in [2.24, 2.45) is 0 Å². The number of rotatable bonds is 37. The van der Waals surface area contributed by atoms with Gasteiger partial charge in [0.15, 0.2) is 6.10 Å². The Labute approximate surface area is 378 Å². The number of allylic oxidation sites excluding steroid dienone is 14. The molecule has 1 aliphatic carbocycles. The molecular formula is C49H81O13P. The minimum atomic E-state index is -5.15. The fourth-order valence-corrected chi connectivity index (χ4v) is 7.45. The van der Waals surface area contributed by atoms with Crippen molar-refractivity contribution in [2.75, 3.05) is 13.2 Å². The molecule has 0 heterocycles. The highest BCUT2D eigenvalue weighted by Crippen LogP contribution is 2.47. The maximum atomic E-state index is 12.8. The highest BCUT2D eigenvalue weighted by Gasteiger charge is 2.51. The van der Waals surface area contributed by atoms with E-state index in [9.17, 15) is 44.6 Å². The summed E-state index contributed by atoms with van der Waals surface area (Å²) >= 11 is 0. The van der Waals surface area contributed by atoms with Crippen LogP contribution < -0.4 is 0 Å². The minimum Gasteiger partial charge on any atom is -0.462 e. The van der Waals surface area contributed by atoms with E-state index in [-0.39, 0.29) is 12.8 Å². The molecule has 63 heavy (non-hydrogen) atoms. The van der Waals surface area contributed by atoms with Gasteiger partial charge >= 0.3 is 19.8 Å². The molecule has 1 aliphatic rings. The van der Waals surface area contributed by atoms with Crippen molar-refractivity contribution in [2.45, 2.75) is 198 Å². The number of hydrogen-bond acceptors (Lipinski definition) is 12. The van der Waals surface area contributed by atoms with Crippen LogP contribution >= 0.6 is 7.82 Å². The Balaban J connectivity index is 2.53. The van der Waals surface area contributed by atoms with Crippen LogP contribution in [0.25, 0.3) is 0 Å². The molecular weight excluding hydrogens is 827 g/mol. The van der Waals surface area contributed by atoms with Gasteiger partial charge < -0.3 is 39.9 Å². The molecule has 6 N–H and O–H groups in total. The van der Waals surface area contributed by atoms with E-state index >= 15 is 0 Å². The van der Waals surface area contributed by atoms with E-state index in [1.54, 1.807) is 0 Å². The third-order valence-corrected chi connectivity index (χ3v) is 11.2. The average molecular weight is 909 g/mol. The summed E-state index contributed by atoms with van der Waals surface area (Å²) in [6.45, 7) is 3.09. The molecule has 0 aromatic rings. The maximum Gasteiger partial charge on any atom is 0.472 e. The molecule has 0 bridgehead atoms. The molecule has 13 nitrogen and oxygen atoms in total. The van der Waals surface area contributed by atoms with Crippen LogP contribution in [0.3, 0.4) is 0 Å². The Hall–Kier alpha value is -2.97. The fourth-order valence-electron chi connectivity index (χ4n) is 6.48. The first kappa shape index (κ1) is 58.0. The zero-order chi connectivity index (χ0) is 46.4. The van der Waals surface area contributed by atoms with Crippen molar-refractivity contribution in [3.8, 4) is 0 Å². The monoisotopic (exact) mass is 909 g/mol. The number of esters is 2. The molecule has 0 radical (unpaired) electrons. The largest absolute Gasteiger partial charge is 0.472 e. The standard InChI is InChI=1S/C49H81O13P/c1-3-5-7-9-11-13-15-17-19-21-23-25-27-29-31-33-35-37-42(50)59-39-41(40-60-63(57,58)62-49-47(55)45(53)44(52)46(54)48(49)56)61-43(51)38-36-34-32-30-28-26-24-22-20-18-16-14-12-10-8-6-4-2/h5,7,11,13,17,19,23-26,29-32,41,44-49,52-56H,3-4,6,8-10,12,14-16,18,20-22,27-28,33-40H2,1-2H3,(H,57,58)/b7-5+,13-11+,19-17+,25-23+,26-24+,31-29+,32-30+/t41-,44?,45-,46?,47?,48?,49?/m0/s1. The number of phosphoric acid groups is 1. The lowest BCUT2D eigenvalue weighted by Crippen LogP contribution is -2.64. The lowest BCUT2D eigenvalue weighted by molar-refractivity contribution is -0.220. The van der Waals surface area contributed by atoms with E-state index in [2.05, 4.69) is 74.6 Å². The molecule has 1 fully saturated rings. The van der Waals surface area contributed by atoms with Gasteiger partial charge in [0.25, 0.3) is 0 Å². The van der Waals surface area contributed by atoms with Gasteiger partial charge in [0, 0.05) is 12.8 Å². The Morgan fingerprint density at radius 2 is 0.905 bits per heavy atom. The normalized spacial score (nSPS) is 22.5. The summed E-state index contributed by atoms with van der Waals surface area (Å²) in [5, 5.41) is 50.1. The molecule has 1 rings (SSSR count). The predicted octanol–water partition coefficient (Wildman–Crippen LogP) is 9.28. The van der Waals surface area contributed by atoms with Crippen LogP contribution in [0.1, 0.15) is 155 Å². The molecule has 0 aliphatic heterocycles. The number of hydrogen-bond donors (Lipinski definition) is 6. The third kappa shape index (κ3) is 30.7. The van der Waals surface area contributed by atoms with E-state index in [4.69, 9.17) is 18.5 Å². The smallest absolute Gasteiger partial charge is 0.462 e. The molecule has 6 unspecified atom stereocenters. The van der Waals surface area contributed by atoms with Crippen LogP contribution in [-0.2, 0) is 32.7 Å². The number of carbonyl (C=O) groups is 2. The zero-order valence-electron chi connectivity index (χ0n) is 38.1. The topological polar surface area (TPSA) is 210 Å². The second kappa shape index (κ2) is 38.3. The van der Waals surface area contributed by atoms with Crippen molar-refractivity contribution in [1.29, 1.82) is 0 Å². The molecule has 0 aromatic carbocycles. The van der Waals surface area contributed by atoms with Gasteiger partial charge in [0.1, 0.15) is 43.2 Å². The van der Waals surface area contributed by atoms with Crippen molar-refractivity contribution in [3.63, 3.8) is 0 Å². The highest BCUT2D eigenvalue weighted by atomic mass is 31.2. The summed E-state index contributed by atoms with van der Waals surface area (Å²) in [5.41, 5.74) is 0. The van der Waals surface area contributed by atoms with Crippen molar-refractivity contribution >= 4 is 19.8 Å². The summed E-state index contributed by atoms with van der Waals surface area (Å²) in [7, 11) is -5.15. The molecule has 0 aromatic heterocycles. The Bertz CT molecular complexity index is 1420. The van der Waals surface area contributed by atoms with Gasteiger partial charge in [-0.3, -0.25) is 18.6 Å². The van der Waals surface area contributed by atoms with Crippen molar-refractivity contribution in [1.82, 2.24) is 0 Å². The van der Waals surface area contributed by atoms with Gasteiger partial charge in [-0.1, -0.05) is 150 Å². The van der Waals surface area contributed by atoms with E-state index in [0.717, 1.165) is 44.9 Å². The van der Waals surface area contributed by atoms with Gasteiger partial charge in [-0.25, -0.2) is 4.57 Å². The lowest BCUT2D eigenvalue weighted by atomic mass is 9.85. The van der Waals surface area contributed by atoms with Crippen LogP contribution in [0, 0.1) is 0 Å². The van der Waals surface area contributed by atoms with Crippen LogP contribution in [0.5, 0.6) is 0 Å². The first-order valence-electron chi connectivity index (χ1n) is 23.4. The fraction of sp³-hybridized carbons (Fsp3) is 0.673. The van der Waals surface area contributed by atoms with Crippen LogP contribution in [0.15, 0.2) is 85.1 Å². The van der Waals surface area contributed by atoms with E-state index in [1.807, 2.05) is 24.3 Å². The number of ether oxygens (including phenoxy) is 2.